The van der Waals surface area contributed by atoms with Crippen LogP contribution in [0, 0.1) is 6.92 Å². The molecule has 0 atom stereocenters. The quantitative estimate of drug-likeness (QED) is 0.538. The maximum atomic E-state index is 12.9. The van der Waals surface area contributed by atoms with Gasteiger partial charge in [-0.25, -0.2) is 4.98 Å². The third-order valence-corrected chi connectivity index (χ3v) is 5.45. The molecule has 0 aliphatic heterocycles. The van der Waals surface area contributed by atoms with Gasteiger partial charge in [-0.1, -0.05) is 60.7 Å². The number of aryl methyl sites for hydroxylation is 2. The standard InChI is InChI=1S/C21H18N2OS/c1-15-22-20-18(14-19(25-20)17-10-6-3-7-11-17)21(24)23(15)13-12-16-8-4-2-5-9-16/h2-11,14H,12-13H2,1H3. The number of fused-ring (bicyclic) bond motifs is 1. The molecule has 3 nitrogen and oxygen atoms in total. The van der Waals surface area contributed by atoms with E-state index in [1.807, 2.05) is 49.4 Å². The summed E-state index contributed by atoms with van der Waals surface area (Å²) in [6.45, 7) is 2.56. The van der Waals surface area contributed by atoms with Crippen LogP contribution in [-0.2, 0) is 13.0 Å². The predicted octanol–water partition coefficient (Wildman–Crippen LogP) is 4.68. The summed E-state index contributed by atoms with van der Waals surface area (Å²) >= 11 is 1.58. The molecular weight excluding hydrogens is 328 g/mol. The van der Waals surface area contributed by atoms with Crippen LogP contribution < -0.4 is 5.56 Å². The number of hydrogen-bond donors (Lipinski definition) is 0. The summed E-state index contributed by atoms with van der Waals surface area (Å²) in [5.74, 6) is 0.773. The molecule has 0 aliphatic rings. The lowest BCUT2D eigenvalue weighted by atomic mass is 10.1. The normalized spacial score (nSPS) is 11.1. The monoisotopic (exact) mass is 346 g/mol. The van der Waals surface area contributed by atoms with Crippen LogP contribution in [0.3, 0.4) is 0 Å². The van der Waals surface area contributed by atoms with E-state index in [9.17, 15) is 4.79 Å². The summed E-state index contributed by atoms with van der Waals surface area (Å²) < 4.78 is 1.79. The molecule has 0 saturated heterocycles. The Kier molecular flexibility index (Phi) is 4.20. The molecule has 25 heavy (non-hydrogen) atoms. The Hall–Kier alpha value is -2.72. The van der Waals surface area contributed by atoms with Gasteiger partial charge < -0.3 is 0 Å². The van der Waals surface area contributed by atoms with Gasteiger partial charge in [0, 0.05) is 11.4 Å². The maximum Gasteiger partial charge on any atom is 0.262 e. The lowest BCUT2D eigenvalue weighted by molar-refractivity contribution is 0.639. The Morgan fingerprint density at radius 2 is 1.68 bits per heavy atom. The summed E-state index contributed by atoms with van der Waals surface area (Å²) in [4.78, 5) is 19.5. The van der Waals surface area contributed by atoms with Gasteiger partial charge in [-0.15, -0.1) is 11.3 Å². The van der Waals surface area contributed by atoms with E-state index in [0.717, 1.165) is 27.5 Å². The first-order valence-electron chi connectivity index (χ1n) is 8.33. The Morgan fingerprint density at radius 3 is 2.40 bits per heavy atom. The zero-order valence-electron chi connectivity index (χ0n) is 14.0. The van der Waals surface area contributed by atoms with Crippen LogP contribution in [0.1, 0.15) is 11.4 Å². The van der Waals surface area contributed by atoms with E-state index in [1.54, 1.807) is 15.9 Å². The van der Waals surface area contributed by atoms with E-state index in [2.05, 4.69) is 29.2 Å². The fourth-order valence-corrected chi connectivity index (χ4v) is 4.08. The first kappa shape index (κ1) is 15.8. The van der Waals surface area contributed by atoms with Crippen molar-refractivity contribution in [1.82, 2.24) is 9.55 Å². The molecule has 0 N–H and O–H groups in total. The van der Waals surface area contributed by atoms with E-state index < -0.39 is 0 Å². The minimum atomic E-state index is 0.0527. The van der Waals surface area contributed by atoms with Gasteiger partial charge in [-0.05, 0) is 30.5 Å². The van der Waals surface area contributed by atoms with E-state index in [-0.39, 0.29) is 5.56 Å². The van der Waals surface area contributed by atoms with Crippen LogP contribution in [0.4, 0.5) is 0 Å². The maximum absolute atomic E-state index is 12.9. The van der Waals surface area contributed by atoms with Gasteiger partial charge in [0.2, 0.25) is 0 Å². The van der Waals surface area contributed by atoms with Crippen LogP contribution in [0.15, 0.2) is 71.5 Å². The van der Waals surface area contributed by atoms with Crippen LogP contribution in [0.25, 0.3) is 20.7 Å². The van der Waals surface area contributed by atoms with Crippen molar-refractivity contribution in [3.05, 3.63) is 88.5 Å². The van der Waals surface area contributed by atoms with Gasteiger partial charge in [0.05, 0.1) is 5.39 Å². The molecular formula is C21H18N2OS. The van der Waals surface area contributed by atoms with Gasteiger partial charge in [0.15, 0.2) is 0 Å². The van der Waals surface area contributed by atoms with Crippen molar-refractivity contribution in [2.75, 3.05) is 0 Å². The third-order valence-electron chi connectivity index (χ3n) is 4.37. The number of benzene rings is 2. The average molecular weight is 346 g/mol. The molecule has 4 aromatic rings. The lowest BCUT2D eigenvalue weighted by Gasteiger charge is -2.09. The van der Waals surface area contributed by atoms with E-state index in [4.69, 9.17) is 0 Å². The summed E-state index contributed by atoms with van der Waals surface area (Å²) in [7, 11) is 0. The van der Waals surface area contributed by atoms with Gasteiger partial charge in [-0.3, -0.25) is 9.36 Å². The van der Waals surface area contributed by atoms with E-state index in [1.165, 1.54) is 5.56 Å². The SMILES string of the molecule is Cc1nc2sc(-c3ccccc3)cc2c(=O)n1CCc1ccccc1. The van der Waals surface area contributed by atoms with Crippen molar-refractivity contribution in [3.8, 4) is 10.4 Å². The first-order chi connectivity index (χ1) is 12.2. The topological polar surface area (TPSA) is 34.9 Å². The van der Waals surface area contributed by atoms with Crippen LogP contribution in [0.5, 0.6) is 0 Å². The van der Waals surface area contributed by atoms with Crippen molar-refractivity contribution in [2.24, 2.45) is 0 Å². The molecule has 4 rings (SSSR count). The second-order valence-electron chi connectivity index (χ2n) is 6.05. The molecule has 4 heteroatoms. The molecule has 0 amide bonds. The number of aromatic nitrogens is 2. The van der Waals surface area contributed by atoms with Crippen molar-refractivity contribution in [1.29, 1.82) is 0 Å². The fraction of sp³-hybridized carbons (Fsp3) is 0.143. The minimum absolute atomic E-state index is 0.0527. The van der Waals surface area contributed by atoms with Crippen molar-refractivity contribution in [3.63, 3.8) is 0 Å². The molecule has 2 aromatic carbocycles. The van der Waals surface area contributed by atoms with Gasteiger partial charge in [-0.2, -0.15) is 0 Å². The second-order valence-corrected chi connectivity index (χ2v) is 7.08. The summed E-state index contributed by atoms with van der Waals surface area (Å²) in [6.07, 6.45) is 0.824. The van der Waals surface area contributed by atoms with E-state index >= 15 is 0 Å². The molecule has 0 saturated carbocycles. The molecule has 0 bridgehead atoms. The van der Waals surface area contributed by atoms with Crippen LogP contribution in [-0.4, -0.2) is 9.55 Å². The molecule has 2 aromatic heterocycles. The van der Waals surface area contributed by atoms with Crippen LogP contribution in [0.2, 0.25) is 0 Å². The number of thiophene rings is 1. The average Bonchev–Trinajstić information content (AvgIpc) is 3.07. The Balaban J connectivity index is 1.72. The molecule has 0 unspecified atom stereocenters. The largest absolute Gasteiger partial charge is 0.296 e. The van der Waals surface area contributed by atoms with Gasteiger partial charge in [0.25, 0.3) is 5.56 Å². The first-order valence-corrected chi connectivity index (χ1v) is 9.14. The second kappa shape index (κ2) is 6.65. The Labute approximate surface area is 150 Å². The zero-order chi connectivity index (χ0) is 17.2. The zero-order valence-corrected chi connectivity index (χ0v) is 14.8. The third kappa shape index (κ3) is 3.13. The molecule has 2 heterocycles. The predicted molar refractivity (Wildman–Crippen MR) is 104 cm³/mol. The van der Waals surface area contributed by atoms with Crippen molar-refractivity contribution in [2.45, 2.75) is 19.9 Å². The highest BCUT2D eigenvalue weighted by atomic mass is 32.1. The summed E-state index contributed by atoms with van der Waals surface area (Å²) in [5.41, 5.74) is 2.40. The summed E-state index contributed by atoms with van der Waals surface area (Å²) in [5, 5.41) is 0.711. The molecule has 0 radical (unpaired) electrons. The van der Waals surface area contributed by atoms with Gasteiger partial charge in [0.1, 0.15) is 10.7 Å². The molecule has 124 valence electrons. The molecule has 0 spiro atoms. The van der Waals surface area contributed by atoms with Gasteiger partial charge >= 0.3 is 0 Å². The minimum Gasteiger partial charge on any atom is -0.296 e. The number of rotatable bonds is 4. The summed E-state index contributed by atoms with van der Waals surface area (Å²) in [6, 6.07) is 22.3. The smallest absolute Gasteiger partial charge is 0.262 e. The highest BCUT2D eigenvalue weighted by Crippen LogP contribution is 2.30. The lowest BCUT2D eigenvalue weighted by Crippen LogP contribution is -2.24. The Morgan fingerprint density at radius 1 is 1.00 bits per heavy atom. The van der Waals surface area contributed by atoms with Crippen LogP contribution >= 0.6 is 11.3 Å². The van der Waals surface area contributed by atoms with Crippen molar-refractivity contribution >= 4 is 21.6 Å². The number of hydrogen-bond acceptors (Lipinski definition) is 3. The molecule has 0 fully saturated rings. The van der Waals surface area contributed by atoms with Crippen molar-refractivity contribution < 1.29 is 0 Å². The highest BCUT2D eigenvalue weighted by Gasteiger charge is 2.12. The van der Waals surface area contributed by atoms with E-state index in [0.29, 0.717) is 11.9 Å². The fourth-order valence-electron chi connectivity index (χ4n) is 3.01. The highest BCUT2D eigenvalue weighted by molar-refractivity contribution is 7.21. The number of nitrogens with zero attached hydrogens (tertiary/aromatic N) is 2. The Bertz CT molecular complexity index is 1070. The molecule has 0 aliphatic carbocycles.